The maximum absolute atomic E-state index is 6.12. The van der Waals surface area contributed by atoms with Gasteiger partial charge >= 0.3 is 0 Å². The lowest BCUT2D eigenvalue weighted by Crippen LogP contribution is -2.13. The van der Waals surface area contributed by atoms with E-state index < -0.39 is 0 Å². The van der Waals surface area contributed by atoms with Crippen LogP contribution < -0.4 is 10.1 Å². The first kappa shape index (κ1) is 11.5. The molecule has 0 amide bonds. The fourth-order valence-electron chi connectivity index (χ4n) is 1.93. The van der Waals surface area contributed by atoms with Gasteiger partial charge in [-0.1, -0.05) is 23.7 Å². The molecule has 1 aliphatic rings. The summed E-state index contributed by atoms with van der Waals surface area (Å²) in [6, 6.07) is 5.98. The minimum atomic E-state index is 0.679. The largest absolute Gasteiger partial charge is 0.495 e. The molecule has 0 bridgehead atoms. The topological polar surface area (TPSA) is 21.3 Å². The highest BCUT2D eigenvalue weighted by molar-refractivity contribution is 6.32. The molecule has 0 aliphatic carbocycles. The zero-order chi connectivity index (χ0) is 11.4. The predicted octanol–water partition coefficient (Wildman–Crippen LogP) is 3.12. The van der Waals surface area contributed by atoms with Crippen molar-refractivity contribution in [2.45, 2.75) is 12.8 Å². The molecule has 0 fully saturated rings. The maximum atomic E-state index is 6.12. The van der Waals surface area contributed by atoms with Gasteiger partial charge in [-0.05, 0) is 49.2 Å². The summed E-state index contributed by atoms with van der Waals surface area (Å²) in [4.78, 5) is 0. The van der Waals surface area contributed by atoms with E-state index >= 15 is 0 Å². The molecule has 0 saturated carbocycles. The predicted molar refractivity (Wildman–Crippen MR) is 68.1 cm³/mol. The number of hydrogen-bond acceptors (Lipinski definition) is 2. The zero-order valence-corrected chi connectivity index (χ0v) is 10.2. The highest BCUT2D eigenvalue weighted by Gasteiger charge is 2.07. The third-order valence-electron chi connectivity index (χ3n) is 2.81. The molecule has 2 nitrogen and oxygen atoms in total. The van der Waals surface area contributed by atoms with Gasteiger partial charge in [0.25, 0.3) is 0 Å². The summed E-state index contributed by atoms with van der Waals surface area (Å²) < 4.78 is 5.15. The lowest BCUT2D eigenvalue weighted by Gasteiger charge is -2.08. The van der Waals surface area contributed by atoms with Crippen LogP contribution in [0, 0.1) is 0 Å². The Bertz CT molecular complexity index is 401. The van der Waals surface area contributed by atoms with E-state index in [0.717, 1.165) is 31.7 Å². The standard InChI is InChI=1S/C13H16ClNO/c1-16-13-5-4-11(9-12(13)14)10-3-2-7-15-8-6-10/h3-5,9,15H,2,6-8H2,1H3. The number of hydrogen-bond donors (Lipinski definition) is 1. The molecular weight excluding hydrogens is 222 g/mol. The van der Waals surface area contributed by atoms with Crippen molar-refractivity contribution in [3.05, 3.63) is 34.9 Å². The Morgan fingerprint density at radius 1 is 1.31 bits per heavy atom. The van der Waals surface area contributed by atoms with Gasteiger partial charge in [-0.2, -0.15) is 0 Å². The fraction of sp³-hybridized carbons (Fsp3) is 0.385. The van der Waals surface area contributed by atoms with Crippen molar-refractivity contribution >= 4 is 17.2 Å². The molecule has 86 valence electrons. The van der Waals surface area contributed by atoms with Crippen LogP contribution in [0.3, 0.4) is 0 Å². The van der Waals surface area contributed by atoms with Gasteiger partial charge in [-0.15, -0.1) is 0 Å². The van der Waals surface area contributed by atoms with Crippen molar-refractivity contribution in [3.63, 3.8) is 0 Å². The molecule has 0 unspecified atom stereocenters. The third-order valence-corrected chi connectivity index (χ3v) is 3.10. The molecule has 1 heterocycles. The lowest BCUT2D eigenvalue weighted by atomic mass is 10.0. The SMILES string of the molecule is COc1ccc(C2=CCCNCC2)cc1Cl. The molecule has 0 atom stereocenters. The Morgan fingerprint density at radius 3 is 2.94 bits per heavy atom. The lowest BCUT2D eigenvalue weighted by molar-refractivity contribution is 0.415. The monoisotopic (exact) mass is 237 g/mol. The minimum Gasteiger partial charge on any atom is -0.495 e. The summed E-state index contributed by atoms with van der Waals surface area (Å²) in [5, 5.41) is 4.05. The van der Waals surface area contributed by atoms with Crippen LogP contribution in [-0.2, 0) is 0 Å². The number of rotatable bonds is 2. The van der Waals surface area contributed by atoms with Crippen LogP contribution in [0.25, 0.3) is 5.57 Å². The quantitative estimate of drug-likeness (QED) is 0.854. The second-order valence-electron chi connectivity index (χ2n) is 3.87. The van der Waals surface area contributed by atoms with E-state index in [9.17, 15) is 0 Å². The second-order valence-corrected chi connectivity index (χ2v) is 4.27. The van der Waals surface area contributed by atoms with Gasteiger partial charge in [-0.25, -0.2) is 0 Å². The molecule has 2 rings (SSSR count). The van der Waals surface area contributed by atoms with E-state index in [1.54, 1.807) is 7.11 Å². The number of benzene rings is 1. The van der Waals surface area contributed by atoms with E-state index in [-0.39, 0.29) is 0 Å². The highest BCUT2D eigenvalue weighted by Crippen LogP contribution is 2.29. The van der Waals surface area contributed by atoms with Crippen molar-refractivity contribution in [2.24, 2.45) is 0 Å². The number of nitrogens with one attached hydrogen (secondary N) is 1. The molecule has 16 heavy (non-hydrogen) atoms. The average Bonchev–Trinajstić information content (AvgIpc) is 2.57. The Labute approximate surface area is 101 Å². The molecule has 0 saturated heterocycles. The fourth-order valence-corrected chi connectivity index (χ4v) is 2.18. The van der Waals surface area contributed by atoms with Gasteiger partial charge in [0.2, 0.25) is 0 Å². The molecule has 1 aromatic rings. The van der Waals surface area contributed by atoms with Crippen LogP contribution in [0.15, 0.2) is 24.3 Å². The van der Waals surface area contributed by atoms with Crippen LogP contribution in [-0.4, -0.2) is 20.2 Å². The van der Waals surface area contributed by atoms with Gasteiger partial charge in [0.1, 0.15) is 5.75 Å². The molecule has 1 aromatic carbocycles. The first-order chi connectivity index (χ1) is 7.81. The Balaban J connectivity index is 2.26. The molecular formula is C13H16ClNO. The number of ether oxygens (including phenoxy) is 1. The number of methoxy groups -OCH3 is 1. The molecule has 0 radical (unpaired) electrons. The molecule has 0 spiro atoms. The van der Waals surface area contributed by atoms with Gasteiger partial charge in [0.05, 0.1) is 12.1 Å². The smallest absolute Gasteiger partial charge is 0.137 e. The van der Waals surface area contributed by atoms with Gasteiger partial charge in [0, 0.05) is 0 Å². The summed E-state index contributed by atoms with van der Waals surface area (Å²) >= 11 is 6.12. The second kappa shape index (κ2) is 5.37. The van der Waals surface area contributed by atoms with E-state index in [0.29, 0.717) is 5.02 Å². The van der Waals surface area contributed by atoms with Crippen molar-refractivity contribution in [1.82, 2.24) is 5.32 Å². The summed E-state index contributed by atoms with van der Waals surface area (Å²) in [6.45, 7) is 2.10. The maximum Gasteiger partial charge on any atom is 0.137 e. The van der Waals surface area contributed by atoms with Crippen molar-refractivity contribution < 1.29 is 4.74 Å². The van der Waals surface area contributed by atoms with Crippen LogP contribution >= 0.6 is 11.6 Å². The van der Waals surface area contributed by atoms with Gasteiger partial charge in [-0.3, -0.25) is 0 Å². The summed E-state index contributed by atoms with van der Waals surface area (Å²) in [5.41, 5.74) is 2.57. The zero-order valence-electron chi connectivity index (χ0n) is 9.42. The normalized spacial score (nSPS) is 16.5. The minimum absolute atomic E-state index is 0.679. The van der Waals surface area contributed by atoms with Crippen molar-refractivity contribution in [3.8, 4) is 5.75 Å². The molecule has 0 aromatic heterocycles. The van der Waals surface area contributed by atoms with Crippen molar-refractivity contribution in [2.75, 3.05) is 20.2 Å². The van der Waals surface area contributed by atoms with Crippen molar-refractivity contribution in [1.29, 1.82) is 0 Å². The third kappa shape index (κ3) is 2.57. The van der Waals surface area contributed by atoms with E-state index in [4.69, 9.17) is 16.3 Å². The van der Waals surface area contributed by atoms with E-state index in [1.165, 1.54) is 11.1 Å². The average molecular weight is 238 g/mol. The van der Waals surface area contributed by atoms with Gasteiger partial charge < -0.3 is 10.1 Å². The summed E-state index contributed by atoms with van der Waals surface area (Å²) in [5.74, 6) is 0.734. The first-order valence-corrected chi connectivity index (χ1v) is 5.92. The summed E-state index contributed by atoms with van der Waals surface area (Å²) in [7, 11) is 1.63. The Morgan fingerprint density at radius 2 is 2.19 bits per heavy atom. The van der Waals surface area contributed by atoms with Crippen LogP contribution in [0.1, 0.15) is 18.4 Å². The molecule has 1 aliphatic heterocycles. The first-order valence-electron chi connectivity index (χ1n) is 5.55. The molecule has 3 heteroatoms. The van der Waals surface area contributed by atoms with E-state index in [2.05, 4.69) is 17.5 Å². The summed E-state index contributed by atoms with van der Waals surface area (Å²) in [6.07, 6.45) is 4.43. The van der Waals surface area contributed by atoms with Gasteiger partial charge in [0.15, 0.2) is 0 Å². The highest BCUT2D eigenvalue weighted by atomic mass is 35.5. The van der Waals surface area contributed by atoms with Crippen LogP contribution in [0.5, 0.6) is 5.75 Å². The molecule has 1 N–H and O–H groups in total. The Kier molecular flexibility index (Phi) is 3.86. The van der Waals surface area contributed by atoms with Crippen LogP contribution in [0.4, 0.5) is 0 Å². The Hall–Kier alpha value is -0.990. The van der Waals surface area contributed by atoms with E-state index in [1.807, 2.05) is 12.1 Å². The number of halogens is 1. The van der Waals surface area contributed by atoms with Crippen LogP contribution in [0.2, 0.25) is 5.02 Å².